The summed E-state index contributed by atoms with van der Waals surface area (Å²) in [6.07, 6.45) is -3.26. The molecule has 9 heteroatoms. The third-order valence-electron chi connectivity index (χ3n) is 3.63. The van der Waals surface area contributed by atoms with E-state index in [1.54, 1.807) is 0 Å². The number of carbonyl (C=O) groups is 1. The summed E-state index contributed by atoms with van der Waals surface area (Å²) in [6.45, 7) is 2.55. The molecule has 0 atom stereocenters. The molecule has 138 valence electrons. The molecule has 26 heavy (non-hydrogen) atoms. The van der Waals surface area contributed by atoms with E-state index in [4.69, 9.17) is 15.6 Å². The second kappa shape index (κ2) is 7.52. The summed E-state index contributed by atoms with van der Waals surface area (Å²) in [5.41, 5.74) is 10.9. The second-order valence-corrected chi connectivity index (χ2v) is 5.50. The van der Waals surface area contributed by atoms with Crippen LogP contribution in [0.3, 0.4) is 0 Å². The molecule has 0 radical (unpaired) electrons. The fourth-order valence-corrected chi connectivity index (χ4v) is 2.31. The number of carboxylic acids is 1. The molecule has 6 nitrogen and oxygen atoms in total. The van der Waals surface area contributed by atoms with E-state index in [2.05, 4.69) is 28.3 Å². The van der Waals surface area contributed by atoms with Crippen molar-refractivity contribution in [1.29, 1.82) is 0 Å². The van der Waals surface area contributed by atoms with Crippen molar-refractivity contribution in [2.24, 2.45) is 12.8 Å². The van der Waals surface area contributed by atoms with Crippen LogP contribution in [-0.4, -0.2) is 32.0 Å². The maximum atomic E-state index is 10.6. The minimum absolute atomic E-state index is 0.521. The van der Waals surface area contributed by atoms with Gasteiger partial charge in [0.25, 0.3) is 0 Å². The quantitative estimate of drug-likeness (QED) is 0.727. The second-order valence-electron chi connectivity index (χ2n) is 5.50. The highest BCUT2D eigenvalue weighted by molar-refractivity contribution is 5.86. The third kappa shape index (κ3) is 4.37. The van der Waals surface area contributed by atoms with Crippen LogP contribution in [0.1, 0.15) is 11.3 Å². The number of hydrogen-bond donors (Lipinski definition) is 2. The largest absolute Gasteiger partial charge is 0.490 e. The summed E-state index contributed by atoms with van der Waals surface area (Å²) in [4.78, 5) is 13.3. The number of rotatable bonds is 2. The number of nitrogens with two attached hydrogens (primary N) is 1. The molecule has 1 aromatic carbocycles. The lowest BCUT2D eigenvalue weighted by molar-refractivity contribution is -0.192. The molecule has 0 bridgehead atoms. The normalized spacial score (nSPS) is 11.2. The summed E-state index contributed by atoms with van der Waals surface area (Å²) in [7, 11) is 1.96. The number of hydrogen-bond acceptors (Lipinski definition) is 4. The molecular formula is C17H17F3N4O2. The molecule has 2 heterocycles. The van der Waals surface area contributed by atoms with Gasteiger partial charge in [-0.05, 0) is 24.6 Å². The van der Waals surface area contributed by atoms with Gasteiger partial charge in [-0.2, -0.15) is 18.3 Å². The lowest BCUT2D eigenvalue weighted by Crippen LogP contribution is -2.21. The van der Waals surface area contributed by atoms with Crippen LogP contribution < -0.4 is 5.73 Å². The molecule has 2 aromatic heterocycles. The number of halogens is 3. The van der Waals surface area contributed by atoms with Gasteiger partial charge in [0.15, 0.2) is 0 Å². The Balaban J connectivity index is 0.000000298. The number of carboxylic acid groups (broad SMARTS) is 1. The van der Waals surface area contributed by atoms with Crippen LogP contribution in [0.5, 0.6) is 0 Å². The molecule has 0 aliphatic heterocycles. The van der Waals surface area contributed by atoms with Crippen LogP contribution in [0, 0.1) is 6.92 Å². The first-order valence-electron chi connectivity index (χ1n) is 7.52. The Labute approximate surface area is 147 Å². The van der Waals surface area contributed by atoms with Gasteiger partial charge in [0.2, 0.25) is 0 Å². The lowest BCUT2D eigenvalue weighted by Gasteiger charge is -2.03. The summed E-state index contributed by atoms with van der Waals surface area (Å²) >= 11 is 0. The van der Waals surface area contributed by atoms with Crippen molar-refractivity contribution >= 4 is 16.9 Å². The maximum absolute atomic E-state index is 10.6. The number of aryl methyl sites for hydroxylation is 2. The molecular weight excluding hydrogens is 349 g/mol. The van der Waals surface area contributed by atoms with E-state index in [1.165, 1.54) is 5.39 Å². The van der Waals surface area contributed by atoms with Gasteiger partial charge in [0, 0.05) is 30.7 Å². The first kappa shape index (κ1) is 19.4. The zero-order valence-electron chi connectivity index (χ0n) is 14.1. The van der Waals surface area contributed by atoms with E-state index in [-0.39, 0.29) is 0 Å². The Morgan fingerprint density at radius 2 is 1.92 bits per heavy atom. The predicted molar refractivity (Wildman–Crippen MR) is 90.3 cm³/mol. The Hall–Kier alpha value is -2.94. The van der Waals surface area contributed by atoms with E-state index in [0.29, 0.717) is 6.54 Å². The molecule has 0 unspecified atom stereocenters. The van der Waals surface area contributed by atoms with Crippen LogP contribution >= 0.6 is 0 Å². The number of fused-ring (bicyclic) bond motifs is 1. The third-order valence-corrected chi connectivity index (χ3v) is 3.63. The Morgan fingerprint density at radius 3 is 2.42 bits per heavy atom. The number of pyridine rings is 1. The molecule has 3 aromatic rings. The number of benzene rings is 1. The van der Waals surface area contributed by atoms with Crippen LogP contribution in [0.4, 0.5) is 13.2 Å². The van der Waals surface area contributed by atoms with E-state index >= 15 is 0 Å². The van der Waals surface area contributed by atoms with Crippen molar-refractivity contribution < 1.29 is 23.1 Å². The van der Waals surface area contributed by atoms with E-state index in [9.17, 15) is 13.2 Å². The van der Waals surface area contributed by atoms with Crippen molar-refractivity contribution in [3.05, 3.63) is 47.8 Å². The predicted octanol–water partition coefficient (Wildman–Crippen LogP) is 3.04. The van der Waals surface area contributed by atoms with Crippen molar-refractivity contribution in [2.45, 2.75) is 19.6 Å². The number of nitrogens with zero attached hydrogens (tertiary/aromatic N) is 3. The molecule has 0 aliphatic carbocycles. The van der Waals surface area contributed by atoms with Crippen molar-refractivity contribution in [1.82, 2.24) is 14.8 Å². The molecule has 0 spiro atoms. The summed E-state index contributed by atoms with van der Waals surface area (Å²) in [6, 6.07) is 10.3. The molecule has 3 N–H and O–H groups in total. The van der Waals surface area contributed by atoms with Crippen molar-refractivity contribution in [3.8, 4) is 11.3 Å². The smallest absolute Gasteiger partial charge is 0.475 e. The molecule has 0 aliphatic rings. The zero-order chi connectivity index (χ0) is 19.5. The van der Waals surface area contributed by atoms with Gasteiger partial charge in [-0.3, -0.25) is 9.67 Å². The average molecular weight is 366 g/mol. The SMILES string of the molecule is Cc1nn(C)c2cc(-c3ccc(CN)cn3)ccc12.O=C(O)C(F)(F)F. The van der Waals surface area contributed by atoms with Crippen LogP contribution in [0.2, 0.25) is 0 Å². The van der Waals surface area contributed by atoms with E-state index in [0.717, 1.165) is 28.0 Å². The number of aromatic nitrogens is 3. The first-order valence-corrected chi connectivity index (χ1v) is 7.52. The van der Waals surface area contributed by atoms with Crippen LogP contribution in [0.25, 0.3) is 22.2 Å². The molecule has 0 saturated heterocycles. The fourth-order valence-electron chi connectivity index (χ4n) is 2.31. The highest BCUT2D eigenvalue weighted by Crippen LogP contribution is 2.24. The van der Waals surface area contributed by atoms with Crippen molar-refractivity contribution in [3.63, 3.8) is 0 Å². The van der Waals surface area contributed by atoms with Crippen LogP contribution in [0.15, 0.2) is 36.5 Å². The first-order chi connectivity index (χ1) is 12.1. The van der Waals surface area contributed by atoms with Gasteiger partial charge in [0.05, 0.1) is 16.9 Å². The molecule has 3 rings (SSSR count). The maximum Gasteiger partial charge on any atom is 0.490 e. The van der Waals surface area contributed by atoms with Gasteiger partial charge < -0.3 is 10.8 Å². The summed E-state index contributed by atoms with van der Waals surface area (Å²) in [5, 5.41) is 12.7. The Kier molecular flexibility index (Phi) is 5.61. The zero-order valence-corrected chi connectivity index (χ0v) is 14.1. The lowest BCUT2D eigenvalue weighted by atomic mass is 10.1. The Morgan fingerprint density at radius 1 is 1.27 bits per heavy atom. The highest BCUT2D eigenvalue weighted by atomic mass is 19.4. The van der Waals surface area contributed by atoms with Gasteiger partial charge in [-0.1, -0.05) is 18.2 Å². The van der Waals surface area contributed by atoms with Gasteiger partial charge in [0.1, 0.15) is 0 Å². The molecule has 0 saturated carbocycles. The van der Waals surface area contributed by atoms with E-state index in [1.807, 2.05) is 37.0 Å². The number of aliphatic carboxylic acids is 1. The van der Waals surface area contributed by atoms with Crippen LogP contribution in [-0.2, 0) is 18.4 Å². The molecule has 0 amide bonds. The number of alkyl halides is 3. The monoisotopic (exact) mass is 366 g/mol. The average Bonchev–Trinajstić information content (AvgIpc) is 2.88. The minimum atomic E-state index is -5.08. The molecule has 0 fully saturated rings. The minimum Gasteiger partial charge on any atom is -0.475 e. The van der Waals surface area contributed by atoms with Gasteiger partial charge >= 0.3 is 12.1 Å². The van der Waals surface area contributed by atoms with Gasteiger partial charge in [-0.25, -0.2) is 4.79 Å². The summed E-state index contributed by atoms with van der Waals surface area (Å²) < 4.78 is 33.6. The fraction of sp³-hybridized carbons (Fsp3) is 0.235. The Bertz CT molecular complexity index is 918. The summed E-state index contributed by atoms with van der Waals surface area (Å²) in [5.74, 6) is -2.76. The topological polar surface area (TPSA) is 94.0 Å². The van der Waals surface area contributed by atoms with Gasteiger partial charge in [-0.15, -0.1) is 0 Å². The standard InChI is InChI=1S/C15H16N4.C2HF3O2/c1-10-13-5-4-12(7-15(13)19(2)18-10)14-6-3-11(8-16)9-17-14;3-2(4,5)1(6)7/h3-7,9H,8,16H2,1-2H3;(H,6,7). The van der Waals surface area contributed by atoms with E-state index < -0.39 is 12.1 Å². The van der Waals surface area contributed by atoms with Crippen molar-refractivity contribution in [2.75, 3.05) is 0 Å². The highest BCUT2D eigenvalue weighted by Gasteiger charge is 2.38.